The van der Waals surface area contributed by atoms with Crippen molar-refractivity contribution in [1.82, 2.24) is 9.88 Å². The van der Waals surface area contributed by atoms with Crippen molar-refractivity contribution in [3.63, 3.8) is 0 Å². The summed E-state index contributed by atoms with van der Waals surface area (Å²) >= 11 is 6.08. The molecule has 0 saturated carbocycles. The lowest BCUT2D eigenvalue weighted by Gasteiger charge is -2.36. The molecule has 0 bridgehead atoms. The maximum atomic E-state index is 13.4. The first-order valence-electron chi connectivity index (χ1n) is 10.2. The molecule has 0 saturated heterocycles. The Labute approximate surface area is 187 Å². The monoisotopic (exact) mass is 454 g/mol. The van der Waals surface area contributed by atoms with E-state index < -0.39 is 17.8 Å². The predicted molar refractivity (Wildman–Crippen MR) is 118 cm³/mol. The third-order valence-corrected chi connectivity index (χ3v) is 6.19. The number of aromatic nitrogens is 1. The van der Waals surface area contributed by atoms with E-state index in [-0.39, 0.29) is 11.5 Å². The van der Waals surface area contributed by atoms with Gasteiger partial charge in [0.05, 0.1) is 11.6 Å². The summed E-state index contributed by atoms with van der Waals surface area (Å²) in [6.45, 7) is 0.446. The van der Waals surface area contributed by atoms with Crippen molar-refractivity contribution in [3.05, 3.63) is 106 Å². The van der Waals surface area contributed by atoms with Crippen LogP contribution in [-0.2, 0) is 12.6 Å². The van der Waals surface area contributed by atoms with Crippen LogP contribution >= 0.6 is 11.6 Å². The number of nitrogens with zero attached hydrogens (tertiary/aromatic N) is 1. The Hall–Kier alpha value is -3.25. The molecule has 1 aliphatic rings. The van der Waals surface area contributed by atoms with Crippen LogP contribution in [0.5, 0.6) is 0 Å². The smallest absolute Gasteiger partial charge is 0.356 e. The number of H-pyrrole nitrogens is 1. The Morgan fingerprint density at radius 1 is 0.969 bits per heavy atom. The lowest BCUT2D eigenvalue weighted by atomic mass is 9.91. The van der Waals surface area contributed by atoms with Crippen molar-refractivity contribution in [3.8, 4) is 0 Å². The number of para-hydroxylation sites is 1. The second-order valence-corrected chi connectivity index (χ2v) is 8.28. The van der Waals surface area contributed by atoms with Crippen LogP contribution in [0.3, 0.4) is 0 Å². The van der Waals surface area contributed by atoms with E-state index in [2.05, 4.69) is 11.1 Å². The van der Waals surface area contributed by atoms with Crippen LogP contribution in [-0.4, -0.2) is 22.3 Å². The predicted octanol–water partition coefficient (Wildman–Crippen LogP) is 6.63. The minimum atomic E-state index is -4.45. The standard InChI is InChI=1S/C25H18ClF3N2O/c26-18-11-7-15(8-12-18)23-22-20(19-3-1-2-4-21(19)30-22)13-14-31(23)24(32)16-5-9-17(10-6-16)25(27,28)29/h1-12,23,30H,13-14H2. The minimum absolute atomic E-state index is 0.219. The number of carbonyl (C=O) groups is 1. The number of amides is 1. The molecular formula is C25H18ClF3N2O. The second-order valence-electron chi connectivity index (χ2n) is 7.84. The fraction of sp³-hybridized carbons (Fsp3) is 0.160. The number of nitrogens with one attached hydrogen (secondary N) is 1. The van der Waals surface area contributed by atoms with Gasteiger partial charge in [-0.15, -0.1) is 0 Å². The highest BCUT2D eigenvalue weighted by atomic mass is 35.5. The van der Waals surface area contributed by atoms with Gasteiger partial charge < -0.3 is 9.88 Å². The molecule has 0 aliphatic carbocycles. The Balaban J connectivity index is 1.59. The van der Waals surface area contributed by atoms with Gasteiger partial charge in [0, 0.05) is 33.7 Å². The van der Waals surface area contributed by atoms with Crippen molar-refractivity contribution >= 4 is 28.4 Å². The lowest BCUT2D eigenvalue weighted by molar-refractivity contribution is -0.137. The summed E-state index contributed by atoms with van der Waals surface area (Å²) < 4.78 is 38.8. The summed E-state index contributed by atoms with van der Waals surface area (Å²) in [5, 5.41) is 1.70. The molecule has 0 fully saturated rings. The van der Waals surface area contributed by atoms with E-state index in [9.17, 15) is 18.0 Å². The molecule has 2 heterocycles. The number of rotatable bonds is 2. The zero-order valence-corrected chi connectivity index (χ0v) is 17.5. The van der Waals surface area contributed by atoms with Gasteiger partial charge in [0.15, 0.2) is 0 Å². The Morgan fingerprint density at radius 2 is 1.66 bits per heavy atom. The number of alkyl halides is 3. The average molecular weight is 455 g/mol. The van der Waals surface area contributed by atoms with E-state index in [1.54, 1.807) is 17.0 Å². The molecule has 5 rings (SSSR count). The molecule has 0 radical (unpaired) electrons. The summed E-state index contributed by atoms with van der Waals surface area (Å²) in [5.41, 5.74) is 3.37. The summed E-state index contributed by atoms with van der Waals surface area (Å²) in [6, 6.07) is 19.2. The zero-order valence-electron chi connectivity index (χ0n) is 16.8. The number of carbonyl (C=O) groups excluding carboxylic acids is 1. The van der Waals surface area contributed by atoms with Crippen LogP contribution in [0.25, 0.3) is 10.9 Å². The molecule has 32 heavy (non-hydrogen) atoms. The van der Waals surface area contributed by atoms with E-state index in [4.69, 9.17) is 11.6 Å². The fourth-order valence-electron chi connectivity index (χ4n) is 4.42. The molecule has 1 atom stereocenters. The molecule has 162 valence electrons. The molecule has 1 unspecified atom stereocenters. The highest BCUT2D eigenvalue weighted by Crippen LogP contribution is 2.39. The maximum Gasteiger partial charge on any atom is 0.416 e. The van der Waals surface area contributed by atoms with Crippen LogP contribution in [0.1, 0.15) is 38.8 Å². The minimum Gasteiger partial charge on any atom is -0.356 e. The molecule has 1 aliphatic heterocycles. The van der Waals surface area contributed by atoms with Gasteiger partial charge in [-0.25, -0.2) is 0 Å². The third-order valence-electron chi connectivity index (χ3n) is 5.94. The van der Waals surface area contributed by atoms with Crippen LogP contribution in [0.15, 0.2) is 72.8 Å². The highest BCUT2D eigenvalue weighted by Gasteiger charge is 2.35. The van der Waals surface area contributed by atoms with E-state index in [1.165, 1.54) is 12.1 Å². The molecule has 7 heteroatoms. The van der Waals surface area contributed by atoms with Crippen molar-refractivity contribution < 1.29 is 18.0 Å². The SMILES string of the molecule is O=C(c1ccc(C(F)(F)F)cc1)N1CCc2c([nH]c3ccccc23)C1c1ccc(Cl)cc1. The highest BCUT2D eigenvalue weighted by molar-refractivity contribution is 6.30. The van der Waals surface area contributed by atoms with Crippen molar-refractivity contribution in [2.24, 2.45) is 0 Å². The summed E-state index contributed by atoms with van der Waals surface area (Å²) in [4.78, 5) is 18.6. The molecular weight excluding hydrogens is 437 g/mol. The normalized spacial score (nSPS) is 16.2. The first-order chi connectivity index (χ1) is 15.3. The van der Waals surface area contributed by atoms with E-state index in [0.29, 0.717) is 18.0 Å². The van der Waals surface area contributed by atoms with Gasteiger partial charge >= 0.3 is 6.18 Å². The lowest BCUT2D eigenvalue weighted by Crippen LogP contribution is -2.40. The van der Waals surface area contributed by atoms with Gasteiger partial charge in [0.25, 0.3) is 5.91 Å². The van der Waals surface area contributed by atoms with E-state index >= 15 is 0 Å². The number of hydrogen-bond donors (Lipinski definition) is 1. The van der Waals surface area contributed by atoms with Gasteiger partial charge in [-0.3, -0.25) is 4.79 Å². The molecule has 1 amide bonds. The number of benzene rings is 3. The van der Waals surface area contributed by atoms with Gasteiger partial charge in [-0.05, 0) is 60.0 Å². The molecule has 0 spiro atoms. The van der Waals surface area contributed by atoms with Gasteiger partial charge in [0.1, 0.15) is 0 Å². The van der Waals surface area contributed by atoms with Gasteiger partial charge in [-0.1, -0.05) is 41.9 Å². The largest absolute Gasteiger partial charge is 0.416 e. The fourth-order valence-corrected chi connectivity index (χ4v) is 4.54. The van der Waals surface area contributed by atoms with Crippen molar-refractivity contribution in [2.75, 3.05) is 6.54 Å². The number of aromatic amines is 1. The third kappa shape index (κ3) is 3.54. The summed E-state index contributed by atoms with van der Waals surface area (Å²) in [7, 11) is 0. The maximum absolute atomic E-state index is 13.4. The van der Waals surface area contributed by atoms with Crippen LogP contribution in [0.2, 0.25) is 5.02 Å². The van der Waals surface area contributed by atoms with E-state index in [1.807, 2.05) is 30.3 Å². The molecule has 1 N–H and O–H groups in total. The van der Waals surface area contributed by atoms with Crippen LogP contribution in [0.4, 0.5) is 13.2 Å². The Kier molecular flexibility index (Phi) is 4.97. The molecule has 4 aromatic rings. The number of hydrogen-bond acceptors (Lipinski definition) is 1. The second kappa shape index (κ2) is 7.71. The van der Waals surface area contributed by atoms with E-state index in [0.717, 1.165) is 39.9 Å². The number of halogens is 4. The molecule has 3 aromatic carbocycles. The Morgan fingerprint density at radius 3 is 2.34 bits per heavy atom. The summed E-state index contributed by atoms with van der Waals surface area (Å²) in [5.74, 6) is -0.317. The first-order valence-corrected chi connectivity index (χ1v) is 10.5. The first kappa shape index (κ1) is 20.6. The zero-order chi connectivity index (χ0) is 22.5. The van der Waals surface area contributed by atoms with Crippen LogP contribution < -0.4 is 0 Å². The van der Waals surface area contributed by atoms with Gasteiger partial charge in [0.2, 0.25) is 0 Å². The average Bonchev–Trinajstić information content (AvgIpc) is 3.17. The summed E-state index contributed by atoms with van der Waals surface area (Å²) in [6.07, 6.45) is -3.80. The quantitative estimate of drug-likeness (QED) is 0.362. The van der Waals surface area contributed by atoms with Crippen molar-refractivity contribution in [2.45, 2.75) is 18.6 Å². The topological polar surface area (TPSA) is 36.1 Å². The van der Waals surface area contributed by atoms with Crippen LogP contribution in [0, 0.1) is 0 Å². The van der Waals surface area contributed by atoms with Gasteiger partial charge in [-0.2, -0.15) is 13.2 Å². The molecule has 3 nitrogen and oxygen atoms in total. The molecule has 1 aromatic heterocycles. The Bertz CT molecular complexity index is 1290. The van der Waals surface area contributed by atoms with Crippen molar-refractivity contribution in [1.29, 1.82) is 0 Å². The number of fused-ring (bicyclic) bond motifs is 3.